The molecule has 0 aromatic heterocycles. The van der Waals surface area contributed by atoms with Crippen LogP contribution in [0, 0.1) is 5.92 Å². The van der Waals surface area contributed by atoms with Crippen molar-refractivity contribution in [3.8, 4) is 0 Å². The summed E-state index contributed by atoms with van der Waals surface area (Å²) in [5.41, 5.74) is 0. The number of carbonyl (C=O) groups excluding carboxylic acids is 1. The van der Waals surface area contributed by atoms with Crippen LogP contribution in [0.25, 0.3) is 0 Å². The summed E-state index contributed by atoms with van der Waals surface area (Å²) in [5.74, 6) is 0.529. The van der Waals surface area contributed by atoms with Gasteiger partial charge in [0.2, 0.25) is 0 Å². The number of rotatable bonds is 12. The number of carbonyl (C=O) groups is 1. The zero-order valence-electron chi connectivity index (χ0n) is 13.0. The molecule has 1 atom stereocenters. The highest BCUT2D eigenvalue weighted by Gasteiger charge is 2.10. The van der Waals surface area contributed by atoms with Gasteiger partial charge in [0.25, 0.3) is 0 Å². The number of aliphatic hydroxyl groups excluding tert-OH is 1. The zero-order chi connectivity index (χ0) is 14.5. The van der Waals surface area contributed by atoms with Gasteiger partial charge < -0.3 is 9.84 Å². The standard InChI is InChI=1S/C16H32O3/c1-4-19-16(18)13-15(17)12-10-8-6-5-7-9-11-14(2)3/h14-15,17H,4-13H2,1-3H3. The summed E-state index contributed by atoms with van der Waals surface area (Å²) in [7, 11) is 0. The number of esters is 1. The number of ether oxygens (including phenoxy) is 1. The Hall–Kier alpha value is -0.570. The van der Waals surface area contributed by atoms with Gasteiger partial charge in [-0.15, -0.1) is 0 Å². The number of hydrogen-bond donors (Lipinski definition) is 1. The maximum Gasteiger partial charge on any atom is 0.308 e. The van der Waals surface area contributed by atoms with Crippen molar-refractivity contribution in [1.29, 1.82) is 0 Å². The van der Waals surface area contributed by atoms with Crippen molar-refractivity contribution < 1.29 is 14.6 Å². The molecule has 0 saturated carbocycles. The highest BCUT2D eigenvalue weighted by molar-refractivity contribution is 5.69. The van der Waals surface area contributed by atoms with E-state index < -0.39 is 6.10 Å². The molecule has 0 bridgehead atoms. The van der Waals surface area contributed by atoms with E-state index in [2.05, 4.69) is 13.8 Å². The molecule has 19 heavy (non-hydrogen) atoms. The largest absolute Gasteiger partial charge is 0.466 e. The summed E-state index contributed by atoms with van der Waals surface area (Å²) in [5, 5.41) is 9.65. The Balaban J connectivity index is 3.27. The Morgan fingerprint density at radius 1 is 1.00 bits per heavy atom. The van der Waals surface area contributed by atoms with E-state index in [1.807, 2.05) is 0 Å². The molecule has 0 aliphatic rings. The molecule has 0 amide bonds. The predicted octanol–water partition coefficient (Wildman–Crippen LogP) is 4.08. The summed E-state index contributed by atoms with van der Waals surface area (Å²) in [6.45, 7) is 6.71. The summed E-state index contributed by atoms with van der Waals surface area (Å²) in [4.78, 5) is 11.1. The highest BCUT2D eigenvalue weighted by atomic mass is 16.5. The summed E-state index contributed by atoms with van der Waals surface area (Å²) >= 11 is 0. The van der Waals surface area contributed by atoms with Crippen LogP contribution in [0.5, 0.6) is 0 Å². The first kappa shape index (κ1) is 18.4. The first-order valence-electron chi connectivity index (χ1n) is 7.90. The van der Waals surface area contributed by atoms with E-state index in [1.165, 1.54) is 32.1 Å². The van der Waals surface area contributed by atoms with E-state index in [0.717, 1.165) is 18.8 Å². The molecule has 0 spiro atoms. The lowest BCUT2D eigenvalue weighted by molar-refractivity contribution is -0.145. The molecule has 0 radical (unpaired) electrons. The van der Waals surface area contributed by atoms with Crippen LogP contribution in [-0.2, 0) is 9.53 Å². The molecule has 3 nitrogen and oxygen atoms in total. The minimum Gasteiger partial charge on any atom is -0.466 e. The second-order valence-electron chi connectivity index (χ2n) is 5.76. The van der Waals surface area contributed by atoms with Crippen molar-refractivity contribution in [3.05, 3.63) is 0 Å². The van der Waals surface area contributed by atoms with Crippen LogP contribution in [0.15, 0.2) is 0 Å². The van der Waals surface area contributed by atoms with E-state index >= 15 is 0 Å². The average Bonchev–Trinajstić information content (AvgIpc) is 2.32. The van der Waals surface area contributed by atoms with Crippen molar-refractivity contribution in [3.63, 3.8) is 0 Å². The molecule has 0 aliphatic heterocycles. The lowest BCUT2D eigenvalue weighted by atomic mass is 10.0. The van der Waals surface area contributed by atoms with Gasteiger partial charge in [-0.05, 0) is 19.3 Å². The van der Waals surface area contributed by atoms with Gasteiger partial charge in [0.05, 0.1) is 19.1 Å². The Morgan fingerprint density at radius 2 is 1.53 bits per heavy atom. The lowest BCUT2D eigenvalue weighted by Crippen LogP contribution is -2.15. The third-order valence-corrected chi connectivity index (χ3v) is 3.28. The van der Waals surface area contributed by atoms with Crippen molar-refractivity contribution in [2.24, 2.45) is 5.92 Å². The molecule has 3 heteroatoms. The molecule has 0 aromatic rings. The molecule has 0 aliphatic carbocycles. The fraction of sp³-hybridized carbons (Fsp3) is 0.938. The minimum absolute atomic E-state index is 0.141. The smallest absolute Gasteiger partial charge is 0.308 e. The maximum atomic E-state index is 11.1. The van der Waals surface area contributed by atoms with Gasteiger partial charge in [0, 0.05) is 0 Å². The van der Waals surface area contributed by atoms with Crippen LogP contribution in [0.1, 0.15) is 78.6 Å². The molecule has 0 saturated heterocycles. The summed E-state index contributed by atoms with van der Waals surface area (Å²) in [6.07, 6.45) is 9.01. The minimum atomic E-state index is -0.528. The zero-order valence-corrected chi connectivity index (χ0v) is 13.0. The molecule has 0 rings (SSSR count). The van der Waals surface area contributed by atoms with Crippen LogP contribution in [0.3, 0.4) is 0 Å². The lowest BCUT2D eigenvalue weighted by Gasteiger charge is -2.09. The van der Waals surface area contributed by atoms with E-state index in [9.17, 15) is 9.90 Å². The van der Waals surface area contributed by atoms with E-state index in [0.29, 0.717) is 13.0 Å². The Labute approximate surface area is 118 Å². The normalized spacial score (nSPS) is 12.7. The van der Waals surface area contributed by atoms with Crippen LogP contribution in [-0.4, -0.2) is 23.8 Å². The van der Waals surface area contributed by atoms with Gasteiger partial charge in [-0.1, -0.05) is 58.8 Å². The van der Waals surface area contributed by atoms with Gasteiger partial charge in [-0.25, -0.2) is 0 Å². The van der Waals surface area contributed by atoms with E-state index in [1.54, 1.807) is 6.92 Å². The van der Waals surface area contributed by atoms with Gasteiger partial charge in [0.15, 0.2) is 0 Å². The summed E-state index contributed by atoms with van der Waals surface area (Å²) in [6, 6.07) is 0. The average molecular weight is 272 g/mol. The van der Waals surface area contributed by atoms with E-state index in [4.69, 9.17) is 4.74 Å². The SMILES string of the molecule is CCOC(=O)CC(O)CCCCCCCCC(C)C. The van der Waals surface area contributed by atoms with Gasteiger partial charge >= 0.3 is 5.97 Å². The van der Waals surface area contributed by atoms with Crippen LogP contribution in [0.4, 0.5) is 0 Å². The molecule has 0 aromatic carbocycles. The fourth-order valence-electron chi connectivity index (χ4n) is 2.15. The first-order valence-corrected chi connectivity index (χ1v) is 7.90. The first-order chi connectivity index (χ1) is 9.06. The number of unbranched alkanes of at least 4 members (excludes halogenated alkanes) is 5. The third-order valence-electron chi connectivity index (χ3n) is 3.28. The van der Waals surface area contributed by atoms with Crippen molar-refractivity contribution in [2.75, 3.05) is 6.61 Å². The molecular formula is C16H32O3. The summed E-state index contributed by atoms with van der Waals surface area (Å²) < 4.78 is 4.80. The topological polar surface area (TPSA) is 46.5 Å². The van der Waals surface area contributed by atoms with Gasteiger partial charge in [-0.3, -0.25) is 4.79 Å². The maximum absolute atomic E-state index is 11.1. The van der Waals surface area contributed by atoms with E-state index in [-0.39, 0.29) is 12.4 Å². The van der Waals surface area contributed by atoms with Crippen LogP contribution < -0.4 is 0 Å². The van der Waals surface area contributed by atoms with Crippen LogP contribution in [0.2, 0.25) is 0 Å². The van der Waals surface area contributed by atoms with Crippen molar-refractivity contribution >= 4 is 5.97 Å². The van der Waals surface area contributed by atoms with Gasteiger partial charge in [0.1, 0.15) is 0 Å². The molecule has 1 N–H and O–H groups in total. The molecule has 0 fully saturated rings. The number of hydrogen-bond acceptors (Lipinski definition) is 3. The molecular weight excluding hydrogens is 240 g/mol. The van der Waals surface area contributed by atoms with Crippen molar-refractivity contribution in [1.82, 2.24) is 0 Å². The second-order valence-corrected chi connectivity index (χ2v) is 5.76. The third kappa shape index (κ3) is 13.7. The highest BCUT2D eigenvalue weighted by Crippen LogP contribution is 2.13. The number of aliphatic hydroxyl groups is 1. The molecule has 1 unspecified atom stereocenters. The fourth-order valence-corrected chi connectivity index (χ4v) is 2.15. The molecule has 114 valence electrons. The predicted molar refractivity (Wildman–Crippen MR) is 79.0 cm³/mol. The van der Waals surface area contributed by atoms with Gasteiger partial charge in [-0.2, -0.15) is 0 Å². The van der Waals surface area contributed by atoms with Crippen LogP contribution >= 0.6 is 0 Å². The van der Waals surface area contributed by atoms with Crippen molar-refractivity contribution in [2.45, 2.75) is 84.7 Å². The quantitative estimate of drug-likeness (QED) is 0.430. The molecule has 0 heterocycles. The Kier molecular flexibility index (Phi) is 12.1. The Morgan fingerprint density at radius 3 is 2.05 bits per heavy atom. The monoisotopic (exact) mass is 272 g/mol. The Bertz CT molecular complexity index is 214. The second kappa shape index (κ2) is 12.5.